The lowest BCUT2D eigenvalue weighted by Crippen LogP contribution is -2.53. The van der Waals surface area contributed by atoms with Crippen molar-refractivity contribution in [1.29, 1.82) is 0 Å². The molecule has 4 aliphatic carbocycles. The fourth-order valence-corrected chi connectivity index (χ4v) is 7.46. The molecule has 162 valence electrons. The second-order valence-corrected chi connectivity index (χ2v) is 11.0. The summed E-state index contributed by atoms with van der Waals surface area (Å²) >= 11 is 0. The van der Waals surface area contributed by atoms with Gasteiger partial charge in [-0.2, -0.15) is 8.42 Å². The van der Waals surface area contributed by atoms with E-state index in [0.717, 1.165) is 53.1 Å². The van der Waals surface area contributed by atoms with Crippen molar-refractivity contribution in [2.45, 2.75) is 44.9 Å². The van der Waals surface area contributed by atoms with Crippen LogP contribution in [0, 0.1) is 23.2 Å². The highest BCUT2D eigenvalue weighted by molar-refractivity contribution is 7.91. The monoisotopic (exact) mass is 433 g/mol. The molecular weight excluding hydrogens is 406 g/mol. The molecule has 4 fully saturated rings. The number of phenolic OH excluding ortho intramolecular Hbond substituents is 1. The third kappa shape index (κ3) is 3.29. The molecule has 4 N–H and O–H groups in total. The van der Waals surface area contributed by atoms with Crippen LogP contribution in [0.25, 0.3) is 0 Å². The Labute approximate surface area is 176 Å². The molecule has 4 bridgehead atoms. The Balaban J connectivity index is 1.21. The van der Waals surface area contributed by atoms with Crippen molar-refractivity contribution in [3.63, 3.8) is 0 Å². The number of nitrogens with one attached hydrogen (secondary N) is 2. The first-order valence-corrected chi connectivity index (χ1v) is 12.0. The Hall–Kier alpha value is -2.42. The number of carbonyl (C=O) groups excluding carboxylic acids is 1. The number of aliphatic hydroxyl groups excluding tert-OH is 1. The van der Waals surface area contributed by atoms with Crippen LogP contribution >= 0.6 is 0 Å². The number of hydrogen-bond acceptors (Lipinski definition) is 5. The molecule has 4 saturated carbocycles. The van der Waals surface area contributed by atoms with Gasteiger partial charge in [0, 0.05) is 12.0 Å². The molecule has 0 unspecified atom stereocenters. The molecule has 1 aromatic carbocycles. The van der Waals surface area contributed by atoms with Gasteiger partial charge in [-0.15, -0.1) is 0 Å². The third-order valence-corrected chi connectivity index (χ3v) is 8.52. The van der Waals surface area contributed by atoms with Gasteiger partial charge >= 0.3 is 10.2 Å². The molecule has 1 heterocycles. The minimum Gasteiger partial charge on any atom is -0.506 e. The second-order valence-electron chi connectivity index (χ2n) is 9.44. The van der Waals surface area contributed by atoms with Crippen molar-refractivity contribution in [2.24, 2.45) is 23.2 Å². The van der Waals surface area contributed by atoms with Crippen LogP contribution in [-0.2, 0) is 21.4 Å². The third-order valence-electron chi connectivity index (χ3n) is 7.23. The van der Waals surface area contributed by atoms with Gasteiger partial charge in [-0.05, 0) is 80.4 Å². The van der Waals surface area contributed by atoms with Crippen LogP contribution in [0.1, 0.15) is 44.1 Å². The number of nitrogens with zero attached hydrogens (tertiary/aromatic N) is 1. The predicted molar refractivity (Wildman–Crippen MR) is 111 cm³/mol. The van der Waals surface area contributed by atoms with Crippen molar-refractivity contribution in [3.8, 4) is 5.75 Å². The van der Waals surface area contributed by atoms with Gasteiger partial charge in [0.15, 0.2) is 0 Å². The van der Waals surface area contributed by atoms with Gasteiger partial charge in [-0.3, -0.25) is 4.79 Å². The zero-order valence-corrected chi connectivity index (χ0v) is 17.5. The summed E-state index contributed by atoms with van der Waals surface area (Å²) in [5, 5.41) is 22.8. The highest BCUT2D eigenvalue weighted by Gasteiger charge is 2.54. The molecule has 1 amide bonds. The summed E-state index contributed by atoms with van der Waals surface area (Å²) in [6.45, 7) is 0.476. The van der Waals surface area contributed by atoms with E-state index in [-0.39, 0.29) is 22.8 Å². The first-order valence-electron chi connectivity index (χ1n) is 10.6. The lowest BCUT2D eigenvalue weighted by atomic mass is 9.49. The Morgan fingerprint density at radius 1 is 1.13 bits per heavy atom. The van der Waals surface area contributed by atoms with Crippen molar-refractivity contribution < 1.29 is 23.4 Å². The number of anilines is 1. The van der Waals surface area contributed by atoms with Crippen LogP contribution in [0.3, 0.4) is 0 Å². The predicted octanol–water partition coefficient (Wildman–Crippen LogP) is 2.28. The van der Waals surface area contributed by atoms with E-state index in [2.05, 4.69) is 5.32 Å². The zero-order chi connectivity index (χ0) is 21.1. The first kappa shape index (κ1) is 19.5. The van der Waals surface area contributed by atoms with Crippen molar-refractivity contribution in [3.05, 3.63) is 35.8 Å². The second kappa shape index (κ2) is 6.80. The highest BCUT2D eigenvalue weighted by atomic mass is 32.2. The molecule has 0 spiro atoms. The topological polar surface area (TPSA) is 119 Å². The van der Waals surface area contributed by atoms with Crippen LogP contribution in [-0.4, -0.2) is 31.1 Å². The van der Waals surface area contributed by atoms with Crippen LogP contribution in [0.4, 0.5) is 5.69 Å². The molecular formula is C21H27N3O5S. The Bertz CT molecular complexity index is 984. The average Bonchev–Trinajstić information content (AvgIpc) is 2.92. The van der Waals surface area contributed by atoms with E-state index in [1.165, 1.54) is 31.4 Å². The Morgan fingerprint density at radius 2 is 1.77 bits per heavy atom. The molecule has 1 aromatic rings. The average molecular weight is 434 g/mol. The Kier molecular flexibility index (Phi) is 4.43. The standard InChI is InChI=1S/C21H27N3O5S/c25-18-8-13(1-2-17(18)24-12-19(26)23-30(24,28)29)3-4-22-20(27)21-9-14-5-15(10-21)7-16(6-14)11-21/h1-2,8,12,14-16,23,25-26H,3-7,9-11H2,(H,22,27). The van der Waals surface area contributed by atoms with Gasteiger partial charge in [0.1, 0.15) is 11.4 Å². The summed E-state index contributed by atoms with van der Waals surface area (Å²) in [5.74, 6) is 1.61. The summed E-state index contributed by atoms with van der Waals surface area (Å²) in [6, 6.07) is 4.69. The lowest BCUT2D eigenvalue weighted by Gasteiger charge is -2.55. The van der Waals surface area contributed by atoms with Gasteiger partial charge in [0.2, 0.25) is 11.8 Å². The number of aliphatic hydroxyl groups is 1. The summed E-state index contributed by atoms with van der Waals surface area (Å²) in [5.41, 5.74) is 0.666. The van der Waals surface area contributed by atoms with Crippen LogP contribution in [0.5, 0.6) is 5.75 Å². The molecule has 0 aromatic heterocycles. The van der Waals surface area contributed by atoms with Crippen LogP contribution in [0.15, 0.2) is 30.3 Å². The molecule has 1 aliphatic heterocycles. The minimum absolute atomic E-state index is 0.0490. The molecule has 8 nitrogen and oxygen atoms in total. The summed E-state index contributed by atoms with van der Waals surface area (Å²) < 4.78 is 26.7. The van der Waals surface area contributed by atoms with Gasteiger partial charge in [-0.25, -0.2) is 9.03 Å². The fraction of sp³-hybridized carbons (Fsp3) is 0.571. The van der Waals surface area contributed by atoms with E-state index in [0.29, 0.717) is 13.0 Å². The maximum atomic E-state index is 13.0. The number of aromatic hydroxyl groups is 1. The fourth-order valence-electron chi connectivity index (χ4n) is 6.39. The number of rotatable bonds is 5. The van der Waals surface area contributed by atoms with E-state index < -0.39 is 16.1 Å². The van der Waals surface area contributed by atoms with Crippen molar-refractivity contribution >= 4 is 21.8 Å². The minimum atomic E-state index is -3.95. The van der Waals surface area contributed by atoms with E-state index >= 15 is 0 Å². The normalized spacial score (nSPS) is 33.3. The Morgan fingerprint density at radius 3 is 2.30 bits per heavy atom. The van der Waals surface area contributed by atoms with E-state index in [1.54, 1.807) is 6.07 Å². The van der Waals surface area contributed by atoms with Gasteiger partial charge in [0.25, 0.3) is 0 Å². The van der Waals surface area contributed by atoms with Crippen LogP contribution in [0.2, 0.25) is 0 Å². The summed E-state index contributed by atoms with van der Waals surface area (Å²) in [4.78, 5) is 13.0. The first-order chi connectivity index (χ1) is 14.2. The maximum absolute atomic E-state index is 13.0. The van der Waals surface area contributed by atoms with Crippen molar-refractivity contribution in [2.75, 3.05) is 10.8 Å². The summed E-state index contributed by atoms with van der Waals surface area (Å²) in [7, 11) is -3.95. The highest BCUT2D eigenvalue weighted by Crippen LogP contribution is 2.60. The number of hydrogen-bond donors (Lipinski definition) is 4. The van der Waals surface area contributed by atoms with E-state index in [1.807, 2.05) is 4.72 Å². The quantitative estimate of drug-likeness (QED) is 0.568. The van der Waals surface area contributed by atoms with Crippen LogP contribution < -0.4 is 14.3 Å². The van der Waals surface area contributed by atoms with Crippen molar-refractivity contribution in [1.82, 2.24) is 10.0 Å². The largest absolute Gasteiger partial charge is 0.506 e. The smallest absolute Gasteiger partial charge is 0.330 e. The number of amides is 1. The zero-order valence-electron chi connectivity index (χ0n) is 16.7. The van der Waals surface area contributed by atoms with Gasteiger partial charge in [-0.1, -0.05) is 6.07 Å². The SMILES string of the molecule is O=C(NCCc1ccc(N2C=C(O)NS2(=O)=O)c(O)c1)C12CC3CC(CC(C3)C1)C2. The van der Waals surface area contributed by atoms with E-state index in [4.69, 9.17) is 0 Å². The van der Waals surface area contributed by atoms with Gasteiger partial charge < -0.3 is 15.5 Å². The summed E-state index contributed by atoms with van der Waals surface area (Å²) in [6.07, 6.45) is 8.51. The molecule has 30 heavy (non-hydrogen) atoms. The lowest BCUT2D eigenvalue weighted by molar-refractivity contribution is -0.146. The maximum Gasteiger partial charge on any atom is 0.330 e. The molecule has 0 atom stereocenters. The van der Waals surface area contributed by atoms with Gasteiger partial charge in [0.05, 0.1) is 6.20 Å². The number of carbonyl (C=O) groups is 1. The molecule has 0 saturated heterocycles. The molecule has 6 rings (SSSR count). The number of benzene rings is 1. The molecule has 5 aliphatic rings. The number of phenols is 1. The van der Waals surface area contributed by atoms with E-state index in [9.17, 15) is 23.4 Å². The molecule has 9 heteroatoms. The molecule has 0 radical (unpaired) electrons.